The van der Waals surface area contributed by atoms with Crippen LogP contribution in [0.3, 0.4) is 0 Å². The minimum absolute atomic E-state index is 0.243. The molecule has 0 saturated heterocycles. The first kappa shape index (κ1) is 14.5. The fourth-order valence-corrected chi connectivity index (χ4v) is 3.67. The summed E-state index contributed by atoms with van der Waals surface area (Å²) in [6.07, 6.45) is 1.49. The number of hydrogen-bond acceptors (Lipinski definition) is 5. The second-order valence-electron chi connectivity index (χ2n) is 4.66. The summed E-state index contributed by atoms with van der Waals surface area (Å²) in [5.41, 5.74) is 0. The van der Waals surface area contributed by atoms with Gasteiger partial charge in [-0.2, -0.15) is 0 Å². The van der Waals surface area contributed by atoms with Crippen molar-refractivity contribution in [2.45, 2.75) is 17.7 Å². The summed E-state index contributed by atoms with van der Waals surface area (Å²) in [4.78, 5) is 13.9. The molecule has 2 aromatic rings. The van der Waals surface area contributed by atoms with Gasteiger partial charge in [0.2, 0.25) is 0 Å². The maximum absolute atomic E-state index is 11.9. The van der Waals surface area contributed by atoms with Crippen LogP contribution in [0.25, 0.3) is 0 Å². The van der Waals surface area contributed by atoms with Crippen LogP contribution >= 0.6 is 23.1 Å². The number of thioether (sulfide) groups is 1. The molecule has 0 spiro atoms. The van der Waals surface area contributed by atoms with Crippen LogP contribution in [0.4, 0.5) is 0 Å². The van der Waals surface area contributed by atoms with E-state index in [-0.39, 0.29) is 5.78 Å². The molecule has 1 aliphatic heterocycles. The molecule has 0 aliphatic carbocycles. The van der Waals surface area contributed by atoms with Gasteiger partial charge < -0.3 is 9.47 Å². The van der Waals surface area contributed by atoms with E-state index in [1.54, 1.807) is 11.8 Å². The predicted octanol–water partition coefficient (Wildman–Crippen LogP) is 4.27. The van der Waals surface area contributed by atoms with E-state index in [0.29, 0.717) is 19.6 Å². The van der Waals surface area contributed by atoms with Gasteiger partial charge >= 0.3 is 0 Å². The lowest BCUT2D eigenvalue weighted by molar-refractivity contribution is 0.0986. The van der Waals surface area contributed by atoms with E-state index in [1.807, 2.05) is 35.7 Å². The van der Waals surface area contributed by atoms with E-state index < -0.39 is 0 Å². The first-order valence-corrected chi connectivity index (χ1v) is 8.78. The Hall–Kier alpha value is -1.46. The minimum Gasteiger partial charge on any atom is -0.486 e. The Kier molecular flexibility index (Phi) is 4.83. The van der Waals surface area contributed by atoms with Gasteiger partial charge in [0.05, 0.1) is 4.88 Å². The molecule has 1 aromatic heterocycles. The molecule has 110 valence electrons. The number of rotatable bonds is 6. The normalized spacial score (nSPS) is 13.1. The van der Waals surface area contributed by atoms with Crippen molar-refractivity contribution in [2.75, 3.05) is 19.0 Å². The lowest BCUT2D eigenvalue weighted by Crippen LogP contribution is -2.15. The average Bonchev–Trinajstić information content (AvgIpc) is 3.06. The van der Waals surface area contributed by atoms with Gasteiger partial charge in [-0.05, 0) is 41.8 Å². The number of fused-ring (bicyclic) bond motifs is 1. The van der Waals surface area contributed by atoms with Crippen LogP contribution in [-0.4, -0.2) is 24.7 Å². The fraction of sp³-hybridized carbons (Fsp3) is 0.312. The highest BCUT2D eigenvalue weighted by Crippen LogP contribution is 2.34. The molecule has 0 saturated carbocycles. The lowest BCUT2D eigenvalue weighted by Gasteiger charge is -2.18. The van der Waals surface area contributed by atoms with Crippen molar-refractivity contribution in [1.29, 1.82) is 0 Å². The quantitative estimate of drug-likeness (QED) is 0.452. The van der Waals surface area contributed by atoms with E-state index >= 15 is 0 Å². The van der Waals surface area contributed by atoms with Gasteiger partial charge in [0.25, 0.3) is 0 Å². The fourth-order valence-electron chi connectivity index (χ4n) is 2.10. The summed E-state index contributed by atoms with van der Waals surface area (Å²) in [7, 11) is 0. The second-order valence-corrected chi connectivity index (χ2v) is 6.77. The summed E-state index contributed by atoms with van der Waals surface area (Å²) >= 11 is 3.26. The highest BCUT2D eigenvalue weighted by molar-refractivity contribution is 7.99. The molecule has 0 bridgehead atoms. The molecule has 1 aromatic carbocycles. The SMILES string of the molecule is O=C(CCCSc1ccc2c(c1)OCCO2)c1cccs1. The molecule has 0 fully saturated rings. The second kappa shape index (κ2) is 7.00. The molecule has 1 aliphatic rings. The summed E-state index contributed by atoms with van der Waals surface area (Å²) < 4.78 is 11.1. The maximum Gasteiger partial charge on any atom is 0.172 e. The van der Waals surface area contributed by atoms with E-state index in [0.717, 1.165) is 33.4 Å². The van der Waals surface area contributed by atoms with Crippen LogP contribution < -0.4 is 9.47 Å². The van der Waals surface area contributed by atoms with Gasteiger partial charge in [-0.25, -0.2) is 0 Å². The zero-order valence-corrected chi connectivity index (χ0v) is 13.2. The van der Waals surface area contributed by atoms with Crippen LogP contribution in [0, 0.1) is 0 Å². The third-order valence-corrected chi connectivity index (χ3v) is 5.12. The van der Waals surface area contributed by atoms with Crippen LogP contribution in [-0.2, 0) is 0 Å². The molecule has 0 atom stereocenters. The highest BCUT2D eigenvalue weighted by atomic mass is 32.2. The predicted molar refractivity (Wildman–Crippen MR) is 86.0 cm³/mol. The molecular weight excluding hydrogens is 304 g/mol. The first-order valence-electron chi connectivity index (χ1n) is 6.92. The summed E-state index contributed by atoms with van der Waals surface area (Å²) in [6.45, 7) is 1.22. The van der Waals surface area contributed by atoms with E-state index in [1.165, 1.54) is 11.3 Å². The monoisotopic (exact) mass is 320 g/mol. The van der Waals surface area contributed by atoms with Crippen molar-refractivity contribution >= 4 is 28.9 Å². The van der Waals surface area contributed by atoms with Crippen molar-refractivity contribution in [3.63, 3.8) is 0 Å². The van der Waals surface area contributed by atoms with Crippen molar-refractivity contribution in [1.82, 2.24) is 0 Å². The number of benzene rings is 1. The molecule has 0 amide bonds. The van der Waals surface area contributed by atoms with Crippen LogP contribution in [0.2, 0.25) is 0 Å². The number of carbonyl (C=O) groups excluding carboxylic acids is 1. The third kappa shape index (κ3) is 3.80. The summed E-state index contributed by atoms with van der Waals surface area (Å²) in [6, 6.07) is 9.82. The zero-order valence-electron chi connectivity index (χ0n) is 11.5. The van der Waals surface area contributed by atoms with Crippen molar-refractivity contribution < 1.29 is 14.3 Å². The Balaban J connectivity index is 1.46. The molecule has 2 heterocycles. The molecule has 0 unspecified atom stereocenters. The number of carbonyl (C=O) groups is 1. The summed E-state index contributed by atoms with van der Waals surface area (Å²) in [5.74, 6) is 2.81. The van der Waals surface area contributed by atoms with Gasteiger partial charge in [0, 0.05) is 11.3 Å². The van der Waals surface area contributed by atoms with E-state index in [2.05, 4.69) is 0 Å². The van der Waals surface area contributed by atoms with Gasteiger partial charge in [-0.3, -0.25) is 4.79 Å². The molecule has 21 heavy (non-hydrogen) atoms. The van der Waals surface area contributed by atoms with E-state index in [9.17, 15) is 4.79 Å². The third-order valence-electron chi connectivity index (χ3n) is 3.13. The Morgan fingerprint density at radius 2 is 2.05 bits per heavy atom. The number of Topliss-reactive ketones (excluding diaryl/α,β-unsaturated/α-hetero) is 1. The molecule has 5 heteroatoms. The summed E-state index contributed by atoms with van der Waals surface area (Å²) in [5, 5.41) is 1.94. The average molecular weight is 320 g/mol. The van der Waals surface area contributed by atoms with E-state index in [4.69, 9.17) is 9.47 Å². The Bertz CT molecular complexity index is 608. The standard InChI is InChI=1S/C16H16O3S2/c17-13(16-4-2-10-21-16)3-1-9-20-12-5-6-14-15(11-12)19-8-7-18-14/h2,4-6,10-11H,1,3,7-9H2. The van der Waals surface area contributed by atoms with Crippen molar-refractivity contribution in [3.8, 4) is 11.5 Å². The van der Waals surface area contributed by atoms with Gasteiger partial charge in [-0.15, -0.1) is 23.1 Å². The molecule has 0 N–H and O–H groups in total. The lowest BCUT2D eigenvalue weighted by atomic mass is 10.2. The smallest absolute Gasteiger partial charge is 0.172 e. The molecule has 3 rings (SSSR count). The highest BCUT2D eigenvalue weighted by Gasteiger charge is 2.12. The van der Waals surface area contributed by atoms with Gasteiger partial charge in [0.15, 0.2) is 17.3 Å². The molecule has 3 nitrogen and oxygen atoms in total. The van der Waals surface area contributed by atoms with Crippen LogP contribution in [0.5, 0.6) is 11.5 Å². The Morgan fingerprint density at radius 1 is 1.19 bits per heavy atom. The van der Waals surface area contributed by atoms with Crippen LogP contribution in [0.15, 0.2) is 40.6 Å². The number of ketones is 1. The largest absolute Gasteiger partial charge is 0.486 e. The Morgan fingerprint density at radius 3 is 2.86 bits per heavy atom. The minimum atomic E-state index is 0.243. The topological polar surface area (TPSA) is 35.5 Å². The van der Waals surface area contributed by atoms with Crippen molar-refractivity contribution in [2.24, 2.45) is 0 Å². The number of thiophene rings is 1. The molecular formula is C16H16O3S2. The molecule has 0 radical (unpaired) electrons. The zero-order chi connectivity index (χ0) is 14.5. The maximum atomic E-state index is 11.9. The number of ether oxygens (including phenoxy) is 2. The van der Waals surface area contributed by atoms with Gasteiger partial charge in [-0.1, -0.05) is 6.07 Å². The first-order chi connectivity index (χ1) is 10.3. The van der Waals surface area contributed by atoms with Crippen molar-refractivity contribution in [3.05, 3.63) is 40.6 Å². The number of hydrogen-bond donors (Lipinski definition) is 0. The Labute approximate surface area is 132 Å². The van der Waals surface area contributed by atoms with Gasteiger partial charge in [0.1, 0.15) is 13.2 Å². The van der Waals surface area contributed by atoms with Crippen LogP contribution in [0.1, 0.15) is 22.5 Å².